The zero-order valence-corrected chi connectivity index (χ0v) is 11.7. The maximum absolute atomic E-state index is 12.2. The predicted octanol–water partition coefficient (Wildman–Crippen LogP) is 2.76. The number of hydrogen-bond donors (Lipinski definition) is 1. The van der Waals surface area contributed by atoms with Crippen molar-refractivity contribution in [1.82, 2.24) is 0 Å². The van der Waals surface area contributed by atoms with Gasteiger partial charge in [0.1, 0.15) is 0 Å². The first-order valence-corrected chi connectivity index (χ1v) is 7.05. The fraction of sp³-hybridized carbons (Fsp3) is 0.462. The van der Waals surface area contributed by atoms with Crippen LogP contribution in [0.25, 0.3) is 0 Å². The number of alkyl halides is 1. The Morgan fingerprint density at radius 2 is 2.25 bits per heavy atom. The summed E-state index contributed by atoms with van der Waals surface area (Å²) in [4.78, 5) is 24.2. The van der Waals surface area contributed by atoms with Gasteiger partial charge in [0.2, 0.25) is 5.91 Å². The van der Waals surface area contributed by atoms with Crippen molar-refractivity contribution in [2.75, 3.05) is 29.2 Å². The molecule has 7 heteroatoms. The Kier molecular flexibility index (Phi) is 4.79. The topological polar surface area (TPSA) is 75.5 Å². The molecule has 108 valence electrons. The van der Waals surface area contributed by atoms with E-state index in [1.807, 2.05) is 0 Å². The van der Waals surface area contributed by atoms with Crippen molar-refractivity contribution >= 4 is 34.6 Å². The van der Waals surface area contributed by atoms with E-state index in [0.29, 0.717) is 31.1 Å². The minimum atomic E-state index is -0.453. The van der Waals surface area contributed by atoms with Crippen LogP contribution in [0.5, 0.6) is 0 Å². The van der Waals surface area contributed by atoms with Crippen LogP contribution in [0.3, 0.4) is 0 Å². The second kappa shape index (κ2) is 6.56. The fourth-order valence-electron chi connectivity index (χ4n) is 2.19. The van der Waals surface area contributed by atoms with Crippen LogP contribution in [0.4, 0.5) is 17.1 Å². The molecule has 0 aromatic heterocycles. The summed E-state index contributed by atoms with van der Waals surface area (Å²) in [5, 5.41) is 14.0. The lowest BCUT2D eigenvalue weighted by molar-refractivity contribution is -0.384. The monoisotopic (exact) mass is 297 g/mol. The number of amides is 1. The lowest BCUT2D eigenvalue weighted by Gasteiger charge is -2.30. The molecule has 1 aromatic rings. The maximum Gasteiger partial charge on any atom is 0.271 e. The van der Waals surface area contributed by atoms with Gasteiger partial charge in [-0.15, -0.1) is 11.6 Å². The normalized spacial score (nSPS) is 13.6. The molecule has 1 amide bonds. The second-order valence-electron chi connectivity index (χ2n) is 4.58. The number of nitrogens with zero attached hydrogens (tertiary/aromatic N) is 2. The Morgan fingerprint density at radius 3 is 2.95 bits per heavy atom. The van der Waals surface area contributed by atoms with Crippen LogP contribution < -0.4 is 10.2 Å². The van der Waals surface area contributed by atoms with Crippen LogP contribution in [0.2, 0.25) is 0 Å². The Labute approximate surface area is 121 Å². The largest absolute Gasteiger partial charge is 0.382 e. The van der Waals surface area contributed by atoms with Crippen molar-refractivity contribution in [3.05, 3.63) is 28.3 Å². The third kappa shape index (κ3) is 3.19. The first kappa shape index (κ1) is 14.6. The molecular formula is C13H16ClN3O3. The number of benzene rings is 1. The van der Waals surface area contributed by atoms with E-state index in [0.717, 1.165) is 18.5 Å². The summed E-state index contributed by atoms with van der Waals surface area (Å²) >= 11 is 5.60. The highest BCUT2D eigenvalue weighted by atomic mass is 35.5. The molecule has 1 aliphatic heterocycles. The Hall–Kier alpha value is -1.82. The molecule has 0 spiro atoms. The number of carbonyl (C=O) groups is 1. The third-order valence-corrected chi connectivity index (χ3v) is 3.48. The van der Waals surface area contributed by atoms with Gasteiger partial charge in [-0.05, 0) is 18.9 Å². The van der Waals surface area contributed by atoms with Crippen molar-refractivity contribution in [3.8, 4) is 0 Å². The van der Waals surface area contributed by atoms with E-state index < -0.39 is 4.92 Å². The molecule has 0 saturated carbocycles. The molecule has 6 nitrogen and oxygen atoms in total. The van der Waals surface area contributed by atoms with E-state index in [4.69, 9.17) is 11.6 Å². The number of halogens is 1. The molecular weight excluding hydrogens is 282 g/mol. The molecule has 0 fully saturated rings. The first-order valence-electron chi connectivity index (χ1n) is 6.52. The van der Waals surface area contributed by atoms with Gasteiger partial charge in [0, 0.05) is 37.5 Å². The molecule has 0 aliphatic carbocycles. The molecule has 0 atom stereocenters. The minimum Gasteiger partial charge on any atom is -0.382 e. The number of fused-ring (bicyclic) bond motifs is 1. The Bertz CT molecular complexity index is 522. The van der Waals surface area contributed by atoms with Crippen LogP contribution in [-0.2, 0) is 4.79 Å². The van der Waals surface area contributed by atoms with E-state index in [1.165, 1.54) is 12.1 Å². The highest BCUT2D eigenvalue weighted by molar-refractivity contribution is 6.17. The standard InChI is InChI=1S/C13H16ClN3O3/c14-6-2-1-3-13(18)16-8-7-15-11-5-4-10(17(19)20)9-12(11)16/h4-5,9,15H,1-3,6-8H2. The quantitative estimate of drug-likeness (QED) is 0.392. The third-order valence-electron chi connectivity index (χ3n) is 3.21. The number of anilines is 2. The fourth-order valence-corrected chi connectivity index (χ4v) is 2.38. The lowest BCUT2D eigenvalue weighted by atomic mass is 10.1. The molecule has 0 radical (unpaired) electrons. The van der Waals surface area contributed by atoms with Crippen LogP contribution in [0.1, 0.15) is 19.3 Å². The summed E-state index contributed by atoms with van der Waals surface area (Å²) in [5.41, 5.74) is 1.33. The Balaban J connectivity index is 2.19. The number of unbranched alkanes of at least 4 members (excludes halogenated alkanes) is 1. The second-order valence-corrected chi connectivity index (χ2v) is 4.95. The zero-order valence-electron chi connectivity index (χ0n) is 11.0. The van der Waals surface area contributed by atoms with Gasteiger partial charge in [0.05, 0.1) is 16.3 Å². The number of non-ortho nitro benzene ring substituents is 1. The zero-order chi connectivity index (χ0) is 14.5. The van der Waals surface area contributed by atoms with Gasteiger partial charge in [0.25, 0.3) is 5.69 Å². The van der Waals surface area contributed by atoms with E-state index in [9.17, 15) is 14.9 Å². The number of carbonyl (C=O) groups excluding carboxylic acids is 1. The van der Waals surface area contributed by atoms with Gasteiger partial charge in [-0.3, -0.25) is 14.9 Å². The lowest BCUT2D eigenvalue weighted by Crippen LogP contribution is -2.38. The summed E-state index contributed by atoms with van der Waals surface area (Å²) < 4.78 is 0. The number of nitro benzene ring substituents is 1. The Morgan fingerprint density at radius 1 is 1.45 bits per heavy atom. The van der Waals surface area contributed by atoms with Crippen LogP contribution >= 0.6 is 11.6 Å². The van der Waals surface area contributed by atoms with E-state index >= 15 is 0 Å². The summed E-state index contributed by atoms with van der Waals surface area (Å²) in [5.74, 6) is 0.523. The van der Waals surface area contributed by atoms with Gasteiger partial charge in [0.15, 0.2) is 0 Å². The molecule has 2 rings (SSSR count). The van der Waals surface area contributed by atoms with E-state index in [1.54, 1.807) is 11.0 Å². The number of nitrogens with one attached hydrogen (secondary N) is 1. The number of hydrogen-bond acceptors (Lipinski definition) is 4. The van der Waals surface area contributed by atoms with Gasteiger partial charge >= 0.3 is 0 Å². The van der Waals surface area contributed by atoms with Crippen molar-refractivity contribution < 1.29 is 9.72 Å². The van der Waals surface area contributed by atoms with E-state index in [-0.39, 0.29) is 11.6 Å². The van der Waals surface area contributed by atoms with E-state index in [2.05, 4.69) is 5.32 Å². The summed E-state index contributed by atoms with van der Waals surface area (Å²) in [6.45, 7) is 1.17. The molecule has 1 N–H and O–H groups in total. The summed E-state index contributed by atoms with van der Waals surface area (Å²) in [6, 6.07) is 4.53. The van der Waals surface area contributed by atoms with Crippen molar-refractivity contribution in [3.63, 3.8) is 0 Å². The van der Waals surface area contributed by atoms with Crippen LogP contribution in [0.15, 0.2) is 18.2 Å². The first-order chi connectivity index (χ1) is 9.63. The molecule has 1 aliphatic rings. The smallest absolute Gasteiger partial charge is 0.271 e. The molecule has 0 saturated heterocycles. The van der Waals surface area contributed by atoms with Crippen molar-refractivity contribution in [2.45, 2.75) is 19.3 Å². The van der Waals surface area contributed by atoms with Crippen LogP contribution in [-0.4, -0.2) is 29.8 Å². The molecule has 1 heterocycles. The number of nitro groups is 1. The van der Waals surface area contributed by atoms with Gasteiger partial charge in [-0.2, -0.15) is 0 Å². The maximum atomic E-state index is 12.2. The molecule has 20 heavy (non-hydrogen) atoms. The van der Waals surface area contributed by atoms with Gasteiger partial charge in [-0.25, -0.2) is 0 Å². The van der Waals surface area contributed by atoms with Crippen molar-refractivity contribution in [1.29, 1.82) is 0 Å². The van der Waals surface area contributed by atoms with Gasteiger partial charge in [-0.1, -0.05) is 0 Å². The summed E-state index contributed by atoms with van der Waals surface area (Å²) in [6.07, 6.45) is 1.94. The van der Waals surface area contributed by atoms with Crippen molar-refractivity contribution in [2.24, 2.45) is 0 Å². The van der Waals surface area contributed by atoms with Gasteiger partial charge < -0.3 is 10.2 Å². The molecule has 0 bridgehead atoms. The highest BCUT2D eigenvalue weighted by Gasteiger charge is 2.24. The molecule has 1 aromatic carbocycles. The average molecular weight is 298 g/mol. The predicted molar refractivity (Wildman–Crippen MR) is 78.5 cm³/mol. The highest BCUT2D eigenvalue weighted by Crippen LogP contribution is 2.33. The number of rotatable bonds is 5. The molecule has 0 unspecified atom stereocenters. The summed E-state index contributed by atoms with van der Waals surface area (Å²) in [7, 11) is 0. The van der Waals surface area contributed by atoms with Crippen LogP contribution in [0, 0.1) is 10.1 Å². The SMILES string of the molecule is O=C(CCCCCl)N1CCNc2ccc([N+](=O)[O-])cc21. The minimum absolute atomic E-state index is 0.00833. The average Bonchev–Trinajstić information content (AvgIpc) is 2.46.